The molecule has 7 heteroatoms. The van der Waals surface area contributed by atoms with Crippen molar-refractivity contribution in [1.82, 2.24) is 10.2 Å². The van der Waals surface area contributed by atoms with Crippen LogP contribution in [0.3, 0.4) is 0 Å². The molecular formula is C13H13N2O3S2-. The van der Waals surface area contributed by atoms with Gasteiger partial charge in [0.25, 0.3) is 5.91 Å². The highest BCUT2D eigenvalue weighted by molar-refractivity contribution is 8.00. The summed E-state index contributed by atoms with van der Waals surface area (Å²) in [4.78, 5) is 24.1. The second-order valence-corrected chi connectivity index (χ2v) is 5.72. The summed E-state index contributed by atoms with van der Waals surface area (Å²) in [7, 11) is 0. The number of carboxylic acid groups (broad SMARTS) is 1. The fourth-order valence-corrected chi connectivity index (χ4v) is 2.91. The summed E-state index contributed by atoms with van der Waals surface area (Å²) in [6.45, 7) is 0.424. The average molecular weight is 309 g/mol. The molecule has 0 aliphatic carbocycles. The van der Waals surface area contributed by atoms with Gasteiger partial charge in [-0.15, -0.1) is 0 Å². The molecule has 0 spiro atoms. The molecule has 0 saturated carbocycles. The summed E-state index contributed by atoms with van der Waals surface area (Å²) in [5.41, 5.74) is 0.994. The van der Waals surface area contributed by atoms with E-state index in [-0.39, 0.29) is 11.7 Å². The summed E-state index contributed by atoms with van der Waals surface area (Å²) in [5.74, 6) is -1.02. The van der Waals surface area contributed by atoms with E-state index in [0.29, 0.717) is 17.4 Å². The van der Waals surface area contributed by atoms with E-state index in [1.54, 1.807) is 0 Å². The Balaban J connectivity index is 1.93. The van der Waals surface area contributed by atoms with Gasteiger partial charge < -0.3 is 15.2 Å². The van der Waals surface area contributed by atoms with Crippen LogP contribution in [-0.4, -0.2) is 39.4 Å². The summed E-state index contributed by atoms with van der Waals surface area (Å²) in [6, 6.07) is 9.10. The summed E-state index contributed by atoms with van der Waals surface area (Å²) in [6.07, 6.45) is 0. The number of rotatable bonds is 6. The summed E-state index contributed by atoms with van der Waals surface area (Å²) in [5, 5.41) is 13.7. The number of nitrogens with one attached hydrogen (secondary N) is 1. The molecule has 0 bridgehead atoms. The van der Waals surface area contributed by atoms with E-state index in [0.717, 1.165) is 17.3 Å². The molecule has 1 saturated heterocycles. The first-order valence-corrected chi connectivity index (χ1v) is 7.57. The van der Waals surface area contributed by atoms with Crippen LogP contribution >= 0.6 is 24.0 Å². The number of carbonyl (C=O) groups excluding carboxylic acids is 2. The van der Waals surface area contributed by atoms with Crippen molar-refractivity contribution in [2.75, 3.05) is 11.5 Å². The average Bonchev–Trinajstić information content (AvgIpc) is 2.67. The Morgan fingerprint density at radius 1 is 1.40 bits per heavy atom. The molecule has 106 valence electrons. The van der Waals surface area contributed by atoms with E-state index >= 15 is 0 Å². The quantitative estimate of drug-likeness (QED) is 0.731. The Morgan fingerprint density at radius 3 is 2.75 bits per heavy atom. The molecule has 1 N–H and O–H groups in total. The smallest absolute Gasteiger partial charge is 0.252 e. The molecule has 5 nitrogen and oxygen atoms in total. The van der Waals surface area contributed by atoms with Crippen molar-refractivity contribution in [3.8, 4) is 0 Å². The number of carbonyl (C=O) groups is 2. The lowest BCUT2D eigenvalue weighted by atomic mass is 10.2. The van der Waals surface area contributed by atoms with Crippen LogP contribution in [0.25, 0.3) is 0 Å². The van der Waals surface area contributed by atoms with Crippen molar-refractivity contribution in [2.24, 2.45) is 0 Å². The largest absolute Gasteiger partial charge is 0.549 e. The molecule has 1 heterocycles. The van der Waals surface area contributed by atoms with E-state index in [1.165, 1.54) is 4.90 Å². The zero-order valence-electron chi connectivity index (χ0n) is 10.6. The van der Waals surface area contributed by atoms with Crippen molar-refractivity contribution in [2.45, 2.75) is 12.6 Å². The van der Waals surface area contributed by atoms with Crippen LogP contribution < -0.4 is 10.4 Å². The second-order valence-electron chi connectivity index (χ2n) is 4.30. The first-order valence-electron chi connectivity index (χ1n) is 6.01. The lowest BCUT2D eigenvalue weighted by Gasteiger charge is -2.14. The molecule has 1 aromatic rings. The molecule has 1 fully saturated rings. The Hall–Kier alpha value is -1.60. The highest BCUT2D eigenvalue weighted by atomic mass is 32.2. The molecule has 1 aliphatic heterocycles. The monoisotopic (exact) mass is 309 g/mol. The second kappa shape index (κ2) is 6.71. The van der Waals surface area contributed by atoms with Gasteiger partial charge in [-0.05, 0) is 17.8 Å². The minimum atomic E-state index is -1.14. The highest BCUT2D eigenvalue weighted by Gasteiger charge is 2.34. The van der Waals surface area contributed by atoms with Crippen LogP contribution in [0.5, 0.6) is 0 Å². The van der Waals surface area contributed by atoms with E-state index in [2.05, 4.69) is 5.32 Å². The number of hydrogen-bond donors (Lipinski definition) is 1. The van der Waals surface area contributed by atoms with Crippen LogP contribution in [0, 0.1) is 0 Å². The third kappa shape index (κ3) is 3.71. The van der Waals surface area contributed by atoms with Gasteiger partial charge in [0.1, 0.15) is 6.04 Å². The van der Waals surface area contributed by atoms with Gasteiger partial charge in [-0.25, -0.2) is 0 Å². The third-order valence-corrected chi connectivity index (χ3v) is 4.14. The van der Waals surface area contributed by atoms with Crippen LogP contribution in [0.1, 0.15) is 5.56 Å². The Morgan fingerprint density at radius 2 is 2.10 bits per heavy atom. The molecule has 1 amide bonds. The molecule has 0 aromatic heterocycles. The van der Waals surface area contributed by atoms with Gasteiger partial charge in [0, 0.05) is 11.5 Å². The molecule has 20 heavy (non-hydrogen) atoms. The molecule has 1 aromatic carbocycles. The van der Waals surface area contributed by atoms with E-state index in [4.69, 9.17) is 12.2 Å². The zero-order chi connectivity index (χ0) is 14.5. The number of nitrogens with zero attached hydrogens (tertiary/aromatic N) is 1. The van der Waals surface area contributed by atoms with Crippen LogP contribution in [0.4, 0.5) is 0 Å². The van der Waals surface area contributed by atoms with Crippen molar-refractivity contribution < 1.29 is 14.7 Å². The van der Waals surface area contributed by atoms with Crippen molar-refractivity contribution in [3.05, 3.63) is 35.9 Å². The lowest BCUT2D eigenvalue weighted by Crippen LogP contribution is -2.33. The maximum Gasteiger partial charge on any atom is 0.252 e. The zero-order valence-corrected chi connectivity index (χ0v) is 12.2. The SMILES string of the molecule is O=C([O-])CSC[C@@H]1NC(=S)N(Cc2ccccc2)C1=O. The minimum absolute atomic E-state index is 0.121. The van der Waals surface area contributed by atoms with Gasteiger partial charge in [0.05, 0.1) is 12.5 Å². The number of hydrogen-bond acceptors (Lipinski definition) is 5. The highest BCUT2D eigenvalue weighted by Crippen LogP contribution is 2.15. The number of benzene rings is 1. The third-order valence-electron chi connectivity index (χ3n) is 2.79. The maximum atomic E-state index is 12.2. The standard InChI is InChI=1S/C13H14N2O3S2/c16-11(17)8-20-7-10-12(18)15(13(19)14-10)6-9-4-2-1-3-5-9/h1-5,10H,6-8H2,(H,14,19)(H,16,17)/p-1/t10-/m0/s1. The fraction of sp³-hybridized carbons (Fsp3) is 0.308. The van der Waals surface area contributed by atoms with Gasteiger partial charge in [-0.2, -0.15) is 11.8 Å². The van der Waals surface area contributed by atoms with Gasteiger partial charge in [-0.3, -0.25) is 9.69 Å². The predicted molar refractivity (Wildman–Crippen MR) is 78.8 cm³/mol. The van der Waals surface area contributed by atoms with Crippen LogP contribution in [-0.2, 0) is 16.1 Å². The van der Waals surface area contributed by atoms with Gasteiger partial charge in [0.15, 0.2) is 5.11 Å². The predicted octanol–water partition coefficient (Wildman–Crippen LogP) is -0.245. The Labute approximate surface area is 126 Å². The number of amides is 1. The molecule has 1 aliphatic rings. The normalized spacial score (nSPS) is 18.2. The summed E-state index contributed by atoms with van der Waals surface area (Å²) >= 11 is 6.29. The molecule has 0 radical (unpaired) electrons. The van der Waals surface area contributed by atoms with Crippen molar-refractivity contribution >= 4 is 41.0 Å². The van der Waals surface area contributed by atoms with E-state index < -0.39 is 12.0 Å². The van der Waals surface area contributed by atoms with Crippen molar-refractivity contribution in [1.29, 1.82) is 0 Å². The van der Waals surface area contributed by atoms with E-state index in [1.807, 2.05) is 30.3 Å². The van der Waals surface area contributed by atoms with Gasteiger partial charge >= 0.3 is 0 Å². The first kappa shape index (κ1) is 14.8. The maximum absolute atomic E-state index is 12.2. The Kier molecular flexibility index (Phi) is 4.97. The molecule has 0 unspecified atom stereocenters. The molecule has 1 atom stereocenters. The number of thioether (sulfide) groups is 1. The lowest BCUT2D eigenvalue weighted by molar-refractivity contribution is -0.301. The topological polar surface area (TPSA) is 72.5 Å². The van der Waals surface area contributed by atoms with Gasteiger partial charge in [0.2, 0.25) is 0 Å². The number of thiocarbonyl (C=S) groups is 1. The molecular weight excluding hydrogens is 296 g/mol. The first-order chi connectivity index (χ1) is 9.58. The number of carboxylic acids is 1. The summed E-state index contributed by atoms with van der Waals surface area (Å²) < 4.78 is 0. The minimum Gasteiger partial charge on any atom is -0.549 e. The number of aliphatic carboxylic acids is 1. The van der Waals surface area contributed by atoms with Crippen molar-refractivity contribution in [3.63, 3.8) is 0 Å². The molecule has 2 rings (SSSR count). The van der Waals surface area contributed by atoms with E-state index in [9.17, 15) is 14.7 Å². The van der Waals surface area contributed by atoms with Gasteiger partial charge in [-0.1, -0.05) is 30.3 Å². The fourth-order valence-electron chi connectivity index (χ4n) is 1.87. The van der Waals surface area contributed by atoms with Crippen LogP contribution in [0.2, 0.25) is 0 Å². The van der Waals surface area contributed by atoms with Crippen LogP contribution in [0.15, 0.2) is 30.3 Å². The Bertz CT molecular complexity index is 522.